The summed E-state index contributed by atoms with van der Waals surface area (Å²) in [5.74, 6) is 0.471. The predicted molar refractivity (Wildman–Crippen MR) is 124 cm³/mol. The molecule has 8 heteroatoms. The summed E-state index contributed by atoms with van der Waals surface area (Å²) in [6.45, 7) is 5.04. The van der Waals surface area contributed by atoms with Gasteiger partial charge in [-0.25, -0.2) is 9.97 Å². The fourth-order valence-electron chi connectivity index (χ4n) is 5.59. The van der Waals surface area contributed by atoms with E-state index in [1.54, 1.807) is 11.2 Å². The SMILES string of the molecule is C=CC(=O)N1CCN(c2ncnc3c2NC(=O)[C@]2(CCCc4ccccc42)C3)C[C@@H]1CC#N. The summed E-state index contributed by atoms with van der Waals surface area (Å²) in [6, 6.07) is 10.1. The molecule has 2 atom stereocenters. The molecule has 1 saturated heterocycles. The Kier molecular flexibility index (Phi) is 5.33. The van der Waals surface area contributed by atoms with E-state index in [1.807, 2.05) is 17.0 Å². The van der Waals surface area contributed by atoms with Crippen LogP contribution in [0.4, 0.5) is 11.5 Å². The van der Waals surface area contributed by atoms with Gasteiger partial charge in [-0.05, 0) is 36.5 Å². The quantitative estimate of drug-likeness (QED) is 0.732. The highest BCUT2D eigenvalue weighted by atomic mass is 16.2. The normalized spacial score (nSPS) is 23.8. The second kappa shape index (κ2) is 8.32. The number of fused-ring (bicyclic) bond motifs is 3. The molecular weight excluding hydrogens is 416 g/mol. The van der Waals surface area contributed by atoms with E-state index in [1.165, 1.54) is 11.6 Å². The fraction of sp³-hybridized carbons (Fsp3) is 0.400. The van der Waals surface area contributed by atoms with Crippen molar-refractivity contribution in [3.8, 4) is 6.07 Å². The summed E-state index contributed by atoms with van der Waals surface area (Å²) in [4.78, 5) is 38.6. The van der Waals surface area contributed by atoms with Gasteiger partial charge in [-0.3, -0.25) is 9.59 Å². The molecule has 33 heavy (non-hydrogen) atoms. The molecule has 0 saturated carbocycles. The van der Waals surface area contributed by atoms with Crippen LogP contribution in [0.1, 0.15) is 36.1 Å². The van der Waals surface area contributed by atoms with Crippen LogP contribution < -0.4 is 10.2 Å². The van der Waals surface area contributed by atoms with Crippen LogP contribution in [0.5, 0.6) is 0 Å². The van der Waals surface area contributed by atoms with Gasteiger partial charge in [0.25, 0.3) is 0 Å². The Morgan fingerprint density at radius 2 is 2.18 bits per heavy atom. The maximum absolute atomic E-state index is 13.6. The molecule has 1 fully saturated rings. The first kappa shape index (κ1) is 21.1. The lowest BCUT2D eigenvalue weighted by atomic mass is 9.65. The largest absolute Gasteiger partial charge is 0.351 e. The number of nitrogens with one attached hydrogen (secondary N) is 1. The van der Waals surface area contributed by atoms with Gasteiger partial charge in [0.15, 0.2) is 5.82 Å². The number of carbonyl (C=O) groups excluding carboxylic acids is 2. The van der Waals surface area contributed by atoms with E-state index in [0.717, 1.165) is 30.5 Å². The molecule has 168 valence electrons. The predicted octanol–water partition coefficient (Wildman–Crippen LogP) is 2.36. The number of aromatic nitrogens is 2. The van der Waals surface area contributed by atoms with Gasteiger partial charge in [-0.2, -0.15) is 5.26 Å². The third-order valence-corrected chi connectivity index (χ3v) is 7.20. The molecule has 1 spiro atoms. The second-order valence-electron chi connectivity index (χ2n) is 8.94. The molecule has 3 aliphatic rings. The lowest BCUT2D eigenvalue weighted by Gasteiger charge is -2.43. The van der Waals surface area contributed by atoms with Crippen molar-refractivity contribution in [3.63, 3.8) is 0 Å². The van der Waals surface area contributed by atoms with Crippen molar-refractivity contribution >= 4 is 23.3 Å². The van der Waals surface area contributed by atoms with Crippen LogP contribution >= 0.6 is 0 Å². The summed E-state index contributed by atoms with van der Waals surface area (Å²) in [6.07, 6.45) is 6.34. The highest BCUT2D eigenvalue weighted by Crippen LogP contribution is 2.45. The highest BCUT2D eigenvalue weighted by Gasteiger charge is 2.47. The zero-order chi connectivity index (χ0) is 23.0. The Morgan fingerprint density at radius 1 is 1.33 bits per heavy atom. The zero-order valence-electron chi connectivity index (χ0n) is 18.5. The minimum atomic E-state index is -0.605. The van der Waals surface area contributed by atoms with Crippen LogP contribution in [0.3, 0.4) is 0 Å². The van der Waals surface area contributed by atoms with Crippen molar-refractivity contribution in [2.75, 3.05) is 29.9 Å². The van der Waals surface area contributed by atoms with Crippen molar-refractivity contribution in [2.45, 2.75) is 43.6 Å². The van der Waals surface area contributed by atoms with Crippen molar-refractivity contribution in [3.05, 3.63) is 60.1 Å². The molecule has 5 rings (SSSR count). The van der Waals surface area contributed by atoms with Crippen LogP contribution in [0.15, 0.2) is 43.2 Å². The van der Waals surface area contributed by atoms with Crippen LogP contribution in [0.25, 0.3) is 0 Å². The van der Waals surface area contributed by atoms with Gasteiger partial charge in [0.1, 0.15) is 12.0 Å². The van der Waals surface area contributed by atoms with Gasteiger partial charge in [-0.1, -0.05) is 30.8 Å². The van der Waals surface area contributed by atoms with Crippen molar-refractivity contribution in [1.82, 2.24) is 14.9 Å². The molecule has 2 amide bonds. The molecule has 1 aromatic heterocycles. The molecule has 0 unspecified atom stereocenters. The third kappa shape index (κ3) is 3.44. The molecule has 1 aromatic carbocycles. The first-order valence-electron chi connectivity index (χ1n) is 11.4. The molecule has 2 aliphatic heterocycles. The maximum atomic E-state index is 13.6. The number of piperazine rings is 1. The fourth-order valence-corrected chi connectivity index (χ4v) is 5.59. The summed E-state index contributed by atoms with van der Waals surface area (Å²) in [7, 11) is 0. The summed E-state index contributed by atoms with van der Waals surface area (Å²) in [5, 5.41) is 12.4. The molecule has 0 bridgehead atoms. The Bertz CT molecular complexity index is 1170. The van der Waals surface area contributed by atoms with E-state index in [9.17, 15) is 14.9 Å². The van der Waals surface area contributed by atoms with Crippen molar-refractivity contribution < 1.29 is 9.59 Å². The number of nitriles is 1. The Morgan fingerprint density at radius 3 is 3.00 bits per heavy atom. The van der Waals surface area contributed by atoms with Gasteiger partial charge in [0, 0.05) is 26.1 Å². The number of carbonyl (C=O) groups is 2. The van der Waals surface area contributed by atoms with Crippen LogP contribution in [0.2, 0.25) is 0 Å². The maximum Gasteiger partial charge on any atom is 0.246 e. The first-order valence-corrected chi connectivity index (χ1v) is 11.4. The number of amides is 2. The number of nitrogens with zero attached hydrogens (tertiary/aromatic N) is 5. The first-order chi connectivity index (χ1) is 16.1. The summed E-state index contributed by atoms with van der Waals surface area (Å²) >= 11 is 0. The number of benzene rings is 1. The van der Waals surface area contributed by atoms with Gasteiger partial charge in [-0.15, -0.1) is 0 Å². The minimum Gasteiger partial charge on any atom is -0.351 e. The van der Waals surface area contributed by atoms with E-state index >= 15 is 0 Å². The van der Waals surface area contributed by atoms with E-state index in [2.05, 4.69) is 40.1 Å². The van der Waals surface area contributed by atoms with Crippen LogP contribution in [-0.4, -0.2) is 52.4 Å². The van der Waals surface area contributed by atoms with Crippen molar-refractivity contribution in [2.24, 2.45) is 0 Å². The lowest BCUT2D eigenvalue weighted by Crippen LogP contribution is -2.55. The smallest absolute Gasteiger partial charge is 0.246 e. The second-order valence-corrected chi connectivity index (χ2v) is 8.94. The number of anilines is 2. The number of hydrogen-bond acceptors (Lipinski definition) is 6. The molecule has 3 heterocycles. The van der Waals surface area contributed by atoms with Crippen LogP contribution in [-0.2, 0) is 27.8 Å². The summed E-state index contributed by atoms with van der Waals surface area (Å²) in [5.41, 5.74) is 3.21. The van der Waals surface area contributed by atoms with Gasteiger partial charge >= 0.3 is 0 Å². The molecule has 1 N–H and O–H groups in total. The zero-order valence-corrected chi connectivity index (χ0v) is 18.5. The number of rotatable bonds is 3. The monoisotopic (exact) mass is 442 g/mol. The topological polar surface area (TPSA) is 102 Å². The Balaban J connectivity index is 1.48. The van der Waals surface area contributed by atoms with Crippen molar-refractivity contribution in [1.29, 1.82) is 5.26 Å². The number of hydrogen-bond donors (Lipinski definition) is 1. The van der Waals surface area contributed by atoms with E-state index in [-0.39, 0.29) is 24.3 Å². The molecule has 1 aliphatic carbocycles. The standard InChI is InChI=1S/C25H26N6O2/c1-2-21(32)31-13-12-30(15-18(31)9-11-26)23-22-20(27-16-28-23)14-25(24(33)29-22)10-5-7-17-6-3-4-8-19(17)25/h2-4,6,8,16,18H,1,5,7,9-10,12-15H2,(H,29,33)/t18-,25+/m0/s1. The molecule has 0 radical (unpaired) electrons. The van der Waals surface area contributed by atoms with E-state index in [4.69, 9.17) is 0 Å². The van der Waals surface area contributed by atoms with Gasteiger partial charge in [0.05, 0.1) is 29.6 Å². The molecule has 2 aromatic rings. The van der Waals surface area contributed by atoms with Gasteiger partial charge < -0.3 is 15.1 Å². The Hall–Kier alpha value is -3.73. The minimum absolute atomic E-state index is 0.00718. The average Bonchev–Trinajstić information content (AvgIpc) is 2.84. The lowest BCUT2D eigenvalue weighted by molar-refractivity contribution is -0.128. The van der Waals surface area contributed by atoms with Crippen LogP contribution in [0, 0.1) is 11.3 Å². The summed E-state index contributed by atoms with van der Waals surface area (Å²) < 4.78 is 0. The Labute approximate surface area is 192 Å². The molecule has 8 nitrogen and oxygen atoms in total. The average molecular weight is 443 g/mol. The van der Waals surface area contributed by atoms with E-state index in [0.29, 0.717) is 37.6 Å². The number of aryl methyl sites for hydroxylation is 1. The molecular formula is C25H26N6O2. The highest BCUT2D eigenvalue weighted by molar-refractivity contribution is 6.04. The van der Waals surface area contributed by atoms with Gasteiger partial charge in [0.2, 0.25) is 11.8 Å². The third-order valence-electron chi connectivity index (χ3n) is 7.20. The van der Waals surface area contributed by atoms with E-state index < -0.39 is 5.41 Å².